The van der Waals surface area contributed by atoms with Gasteiger partial charge in [-0.2, -0.15) is 9.59 Å². The predicted octanol–water partition coefficient (Wildman–Crippen LogP) is 1.31. The fraction of sp³-hybridized carbons (Fsp3) is 0.500. The Bertz CT molecular complexity index is 725. The van der Waals surface area contributed by atoms with Crippen LogP contribution in [0.4, 0.5) is 0 Å². The zero-order valence-electron chi connectivity index (χ0n) is 16.6. The van der Waals surface area contributed by atoms with Crippen LogP contribution >= 0.6 is 0 Å². The van der Waals surface area contributed by atoms with E-state index in [9.17, 15) is 14.4 Å². The summed E-state index contributed by atoms with van der Waals surface area (Å²) in [7, 11) is 0. The molecule has 152 valence electrons. The van der Waals surface area contributed by atoms with Crippen molar-refractivity contribution in [2.45, 2.75) is 52.8 Å². The molecular formula is C20H26N2O6. The van der Waals surface area contributed by atoms with Crippen molar-refractivity contribution in [1.29, 1.82) is 0 Å². The van der Waals surface area contributed by atoms with Gasteiger partial charge in [0.2, 0.25) is 11.8 Å². The number of benzene rings is 1. The predicted molar refractivity (Wildman–Crippen MR) is 98.6 cm³/mol. The number of hydrogen-bond donors (Lipinski definition) is 0. The van der Waals surface area contributed by atoms with Crippen LogP contribution < -0.4 is 0 Å². The molecule has 1 aliphatic rings. The van der Waals surface area contributed by atoms with E-state index in [4.69, 9.17) is 14.3 Å². The highest BCUT2D eigenvalue weighted by atomic mass is 16.5. The van der Waals surface area contributed by atoms with Crippen molar-refractivity contribution in [1.82, 2.24) is 9.80 Å². The lowest BCUT2D eigenvalue weighted by molar-refractivity contribution is -0.191. The Morgan fingerprint density at radius 2 is 1.82 bits per heavy atom. The van der Waals surface area contributed by atoms with E-state index in [0.29, 0.717) is 0 Å². The molecular weight excluding hydrogens is 364 g/mol. The zero-order chi connectivity index (χ0) is 21.3. The van der Waals surface area contributed by atoms with E-state index >= 15 is 0 Å². The van der Waals surface area contributed by atoms with Gasteiger partial charge in [0.05, 0.1) is 0 Å². The summed E-state index contributed by atoms with van der Waals surface area (Å²) in [6, 6.07) is 7.04. The molecule has 2 atom stereocenters. The largest absolute Gasteiger partial charge is 0.459 e. The molecule has 1 heterocycles. The lowest BCUT2D eigenvalue weighted by atomic mass is 10.1. The molecule has 0 aromatic heterocycles. The Balaban J connectivity index is 0.00000122. The van der Waals surface area contributed by atoms with Crippen LogP contribution in [0.2, 0.25) is 0 Å². The Morgan fingerprint density at radius 1 is 1.25 bits per heavy atom. The highest BCUT2D eigenvalue weighted by Gasteiger charge is 2.39. The second-order valence-corrected chi connectivity index (χ2v) is 6.65. The Labute approximate surface area is 164 Å². The third-order valence-electron chi connectivity index (χ3n) is 4.68. The first-order chi connectivity index (χ1) is 13.2. The molecule has 0 radical (unpaired) electrons. The van der Waals surface area contributed by atoms with Crippen molar-refractivity contribution < 1.29 is 28.7 Å². The van der Waals surface area contributed by atoms with Gasteiger partial charge in [0, 0.05) is 6.04 Å². The minimum atomic E-state index is -0.651. The minimum absolute atomic E-state index is 0.00883. The lowest BCUT2D eigenvalue weighted by Crippen LogP contribution is -2.61. The van der Waals surface area contributed by atoms with Crippen LogP contribution in [0.3, 0.4) is 0 Å². The molecule has 8 heteroatoms. The standard InChI is InChI=1S/C19H26N2O4.CO2/c1-5-14(3)20-10-17(22)21(15(4)19(20)24)11-18(23)25-12-16-8-6-13(2)7-9-16;2-1-3/h6-9,14-15H,5,10-12H2,1-4H3;/t14-,15-;/m0./s1. The van der Waals surface area contributed by atoms with E-state index in [0.717, 1.165) is 17.5 Å². The lowest BCUT2D eigenvalue weighted by Gasteiger charge is -2.40. The number of piperazine rings is 1. The molecule has 2 amide bonds. The first-order valence-corrected chi connectivity index (χ1v) is 9.05. The van der Waals surface area contributed by atoms with Crippen LogP contribution in [0.25, 0.3) is 0 Å². The third kappa shape index (κ3) is 6.32. The molecule has 1 fully saturated rings. The highest BCUT2D eigenvalue weighted by Crippen LogP contribution is 2.16. The van der Waals surface area contributed by atoms with Crippen LogP contribution in [0, 0.1) is 6.92 Å². The van der Waals surface area contributed by atoms with Gasteiger partial charge >= 0.3 is 12.1 Å². The molecule has 1 saturated heterocycles. The topological polar surface area (TPSA) is 101 Å². The third-order valence-corrected chi connectivity index (χ3v) is 4.68. The molecule has 28 heavy (non-hydrogen) atoms. The summed E-state index contributed by atoms with van der Waals surface area (Å²) in [6.45, 7) is 7.50. The van der Waals surface area contributed by atoms with E-state index < -0.39 is 12.0 Å². The van der Waals surface area contributed by atoms with E-state index in [-0.39, 0.29) is 43.7 Å². The zero-order valence-corrected chi connectivity index (χ0v) is 16.6. The molecule has 0 aliphatic carbocycles. The summed E-state index contributed by atoms with van der Waals surface area (Å²) in [5.41, 5.74) is 2.02. The van der Waals surface area contributed by atoms with Crippen molar-refractivity contribution >= 4 is 23.9 Å². The molecule has 0 saturated carbocycles. The van der Waals surface area contributed by atoms with Crippen molar-refractivity contribution in [2.24, 2.45) is 0 Å². The normalized spacial score (nSPS) is 17.4. The number of carbonyl (C=O) groups excluding carboxylic acids is 5. The first-order valence-electron chi connectivity index (χ1n) is 9.05. The van der Waals surface area contributed by atoms with Crippen molar-refractivity contribution in [3.8, 4) is 0 Å². The summed E-state index contributed by atoms with van der Waals surface area (Å²) < 4.78 is 5.24. The van der Waals surface area contributed by atoms with Gasteiger partial charge in [-0.1, -0.05) is 36.8 Å². The molecule has 0 N–H and O–H groups in total. The Kier molecular flexibility index (Phi) is 9.05. The maximum Gasteiger partial charge on any atom is 0.373 e. The highest BCUT2D eigenvalue weighted by molar-refractivity contribution is 5.96. The van der Waals surface area contributed by atoms with Gasteiger partial charge in [-0.3, -0.25) is 14.4 Å². The molecule has 0 spiro atoms. The molecule has 1 aromatic carbocycles. The van der Waals surface area contributed by atoms with Crippen LogP contribution in [0.1, 0.15) is 38.3 Å². The average Bonchev–Trinajstić information content (AvgIpc) is 2.67. The fourth-order valence-corrected chi connectivity index (χ4v) is 2.76. The van der Waals surface area contributed by atoms with E-state index in [1.807, 2.05) is 45.0 Å². The van der Waals surface area contributed by atoms with Gasteiger partial charge in [0.1, 0.15) is 25.7 Å². The van der Waals surface area contributed by atoms with E-state index in [1.54, 1.807) is 11.8 Å². The van der Waals surface area contributed by atoms with Gasteiger partial charge in [0.15, 0.2) is 0 Å². The summed E-state index contributed by atoms with van der Waals surface area (Å²) >= 11 is 0. The number of esters is 1. The Hall–Kier alpha value is -2.99. The fourth-order valence-electron chi connectivity index (χ4n) is 2.76. The van der Waals surface area contributed by atoms with Gasteiger partial charge in [-0.25, -0.2) is 0 Å². The van der Waals surface area contributed by atoms with E-state index in [2.05, 4.69) is 0 Å². The van der Waals surface area contributed by atoms with Crippen molar-refractivity contribution in [3.63, 3.8) is 0 Å². The molecule has 1 aliphatic heterocycles. The van der Waals surface area contributed by atoms with Crippen LogP contribution in [-0.4, -0.2) is 58.9 Å². The second kappa shape index (κ2) is 11.0. The minimum Gasteiger partial charge on any atom is -0.459 e. The number of ether oxygens (including phenoxy) is 1. The number of hydrogen-bond acceptors (Lipinski definition) is 6. The quantitative estimate of drug-likeness (QED) is 0.679. The average molecular weight is 390 g/mol. The number of aryl methyl sites for hydroxylation is 1. The van der Waals surface area contributed by atoms with Crippen molar-refractivity contribution in [2.75, 3.05) is 13.1 Å². The van der Waals surface area contributed by atoms with Crippen LogP contribution in [0.5, 0.6) is 0 Å². The maximum atomic E-state index is 12.5. The number of amides is 2. The maximum absolute atomic E-state index is 12.5. The molecule has 8 nitrogen and oxygen atoms in total. The number of rotatable bonds is 6. The van der Waals surface area contributed by atoms with Gasteiger partial charge < -0.3 is 14.5 Å². The molecule has 0 unspecified atom stereocenters. The molecule has 2 rings (SSSR count). The number of carbonyl (C=O) groups is 3. The smallest absolute Gasteiger partial charge is 0.373 e. The van der Waals surface area contributed by atoms with Crippen LogP contribution in [0.15, 0.2) is 24.3 Å². The summed E-state index contributed by atoms with van der Waals surface area (Å²) in [5.74, 6) is -0.856. The van der Waals surface area contributed by atoms with E-state index in [1.165, 1.54) is 4.90 Å². The summed E-state index contributed by atoms with van der Waals surface area (Å²) in [5, 5.41) is 0. The second-order valence-electron chi connectivity index (χ2n) is 6.65. The van der Waals surface area contributed by atoms with Gasteiger partial charge in [-0.15, -0.1) is 0 Å². The van der Waals surface area contributed by atoms with Gasteiger partial charge in [-0.05, 0) is 32.8 Å². The summed E-state index contributed by atoms with van der Waals surface area (Å²) in [6.07, 6.45) is 1.03. The van der Waals surface area contributed by atoms with Gasteiger partial charge in [0.25, 0.3) is 0 Å². The number of nitrogens with zero attached hydrogens (tertiary/aromatic N) is 2. The van der Waals surface area contributed by atoms with Crippen LogP contribution in [-0.2, 0) is 35.3 Å². The Morgan fingerprint density at radius 3 is 2.36 bits per heavy atom. The first kappa shape index (κ1) is 23.0. The monoisotopic (exact) mass is 390 g/mol. The van der Waals surface area contributed by atoms with Crippen molar-refractivity contribution in [3.05, 3.63) is 35.4 Å². The molecule has 1 aromatic rings. The SMILES string of the molecule is CC[C@H](C)N1CC(=O)N(CC(=O)OCc2ccc(C)cc2)[C@@H](C)C1=O.O=C=O. The molecule has 0 bridgehead atoms. The summed E-state index contributed by atoms with van der Waals surface area (Å²) in [4.78, 5) is 56.0.